The molecule has 0 spiro atoms. The van der Waals surface area contributed by atoms with Gasteiger partial charge in [-0.05, 0) is 49.4 Å². The third kappa shape index (κ3) is 60.3. The highest BCUT2D eigenvalue weighted by molar-refractivity contribution is 7.47. The second-order valence-electron chi connectivity index (χ2n) is 26.4. The second kappa shape index (κ2) is 58.8. The Kier molecular flexibility index (Phi) is 57.6. The van der Waals surface area contributed by atoms with E-state index in [-0.39, 0.29) is 25.7 Å². The van der Waals surface area contributed by atoms with Gasteiger partial charge in [0.2, 0.25) is 0 Å². The van der Waals surface area contributed by atoms with Gasteiger partial charge in [0.15, 0.2) is 12.2 Å². The Hall–Kier alpha value is -1.94. The van der Waals surface area contributed by atoms with Gasteiger partial charge in [-0.25, -0.2) is 9.13 Å². The van der Waals surface area contributed by atoms with E-state index in [4.69, 9.17) is 37.0 Å². The normalized spacial score (nSPS) is 14.9. The number of phosphoric ester groups is 2. The molecule has 19 heteroatoms. The molecule has 4 unspecified atom stereocenters. The van der Waals surface area contributed by atoms with Crippen molar-refractivity contribution in [3.63, 3.8) is 0 Å². The molecule has 7 atom stereocenters. The zero-order chi connectivity index (χ0) is 65.4. The maximum Gasteiger partial charge on any atom is 0.472 e. The average molecular weight is 1300 g/mol. The fourth-order valence-electron chi connectivity index (χ4n) is 10.2. The lowest BCUT2D eigenvalue weighted by Crippen LogP contribution is -2.30. The molecule has 0 saturated carbocycles. The van der Waals surface area contributed by atoms with Gasteiger partial charge >= 0.3 is 39.5 Å². The van der Waals surface area contributed by atoms with Crippen molar-refractivity contribution in [3.05, 3.63) is 0 Å². The molecule has 0 aliphatic heterocycles. The molecule has 0 amide bonds. The van der Waals surface area contributed by atoms with Crippen molar-refractivity contribution >= 4 is 39.5 Å². The lowest BCUT2D eigenvalue weighted by atomic mass is 10.00. The third-order valence-electron chi connectivity index (χ3n) is 16.5. The number of rotatable bonds is 66. The SMILES string of the molecule is CCC(C)CCCCCCCCC(=O)OC[C@H](COP(=O)(O)OC[C@H](O)COP(=O)(O)OC[C@@H](COC(=O)CCCCCCCCCCCC(C)C)OC(=O)CCCCCCCCCCCCCCCC(C)C)OC(=O)CCCCCCCCC(C)CC. The molecule has 0 radical (unpaired) electrons. The predicted octanol–water partition coefficient (Wildman–Crippen LogP) is 19.3. The lowest BCUT2D eigenvalue weighted by Gasteiger charge is -2.21. The smallest absolute Gasteiger partial charge is 0.462 e. The van der Waals surface area contributed by atoms with Crippen molar-refractivity contribution in [2.45, 2.75) is 356 Å². The van der Waals surface area contributed by atoms with Gasteiger partial charge in [0.25, 0.3) is 0 Å². The van der Waals surface area contributed by atoms with Crippen molar-refractivity contribution < 1.29 is 80.2 Å². The van der Waals surface area contributed by atoms with Crippen molar-refractivity contribution in [1.29, 1.82) is 0 Å². The first kappa shape index (κ1) is 86.1. The molecule has 88 heavy (non-hydrogen) atoms. The highest BCUT2D eigenvalue weighted by Crippen LogP contribution is 2.45. The minimum Gasteiger partial charge on any atom is -0.462 e. The maximum absolute atomic E-state index is 13.0. The number of hydrogen-bond acceptors (Lipinski definition) is 15. The first-order chi connectivity index (χ1) is 42.2. The van der Waals surface area contributed by atoms with E-state index in [1.165, 1.54) is 135 Å². The highest BCUT2D eigenvalue weighted by atomic mass is 31.2. The van der Waals surface area contributed by atoms with Crippen molar-refractivity contribution in [2.75, 3.05) is 39.6 Å². The molecule has 17 nitrogen and oxygen atoms in total. The summed E-state index contributed by atoms with van der Waals surface area (Å²) in [6, 6.07) is 0. The third-order valence-corrected chi connectivity index (χ3v) is 18.4. The Morgan fingerprint density at radius 3 is 0.807 bits per heavy atom. The first-order valence-electron chi connectivity index (χ1n) is 35.8. The topological polar surface area (TPSA) is 237 Å². The van der Waals surface area contributed by atoms with E-state index in [0.717, 1.165) is 120 Å². The zero-order valence-electron chi connectivity index (χ0n) is 57.3. The molecule has 0 aliphatic rings. The summed E-state index contributed by atoms with van der Waals surface area (Å²) in [5, 5.41) is 10.6. The van der Waals surface area contributed by atoms with E-state index in [0.29, 0.717) is 25.7 Å². The number of carbonyl (C=O) groups excluding carboxylic acids is 4. The zero-order valence-corrected chi connectivity index (χ0v) is 59.1. The Morgan fingerprint density at radius 1 is 0.318 bits per heavy atom. The number of aliphatic hydroxyl groups excluding tert-OH is 1. The lowest BCUT2D eigenvalue weighted by molar-refractivity contribution is -0.161. The number of phosphoric acid groups is 2. The number of ether oxygens (including phenoxy) is 4. The largest absolute Gasteiger partial charge is 0.472 e. The Morgan fingerprint density at radius 2 is 0.545 bits per heavy atom. The van der Waals surface area contributed by atoms with Gasteiger partial charge in [-0.2, -0.15) is 0 Å². The molecule has 0 rings (SSSR count). The van der Waals surface area contributed by atoms with Crippen LogP contribution in [0.4, 0.5) is 0 Å². The van der Waals surface area contributed by atoms with E-state index in [2.05, 4.69) is 55.4 Å². The molecule has 0 aliphatic carbocycles. The van der Waals surface area contributed by atoms with Crippen LogP contribution in [0.3, 0.4) is 0 Å². The molecule has 3 N–H and O–H groups in total. The van der Waals surface area contributed by atoms with Crippen LogP contribution in [0.1, 0.15) is 338 Å². The summed E-state index contributed by atoms with van der Waals surface area (Å²) in [5.41, 5.74) is 0. The van der Waals surface area contributed by atoms with E-state index in [1.54, 1.807) is 0 Å². The minimum absolute atomic E-state index is 0.102. The quantitative estimate of drug-likeness (QED) is 0.0222. The molecule has 0 saturated heterocycles. The van der Waals surface area contributed by atoms with E-state index in [9.17, 15) is 43.2 Å². The second-order valence-corrected chi connectivity index (χ2v) is 29.3. The number of carbonyl (C=O) groups is 4. The Bertz CT molecular complexity index is 1750. The van der Waals surface area contributed by atoms with Gasteiger partial charge < -0.3 is 33.8 Å². The summed E-state index contributed by atoms with van der Waals surface area (Å²) >= 11 is 0. The molecule has 0 heterocycles. The monoisotopic (exact) mass is 1300 g/mol. The van der Waals surface area contributed by atoms with Crippen molar-refractivity contribution in [1.82, 2.24) is 0 Å². The maximum atomic E-state index is 13.0. The van der Waals surface area contributed by atoms with Crippen LogP contribution < -0.4 is 0 Å². The minimum atomic E-state index is -4.95. The standard InChI is InChI=1S/C69H134O17P2/c1-9-61(7)47-39-31-25-27-34-42-50-67(72)80-56-65(86-69(74)52-44-36-28-26-32-40-48-62(8)10-2)58-84-88(77,78)82-54-63(70)53-81-87(75,76)83-57-64(55-79-66(71)49-41-33-23-20-16-18-22-30-38-46-60(5)6)85-68(73)51-43-35-24-19-15-13-11-12-14-17-21-29-37-45-59(3)4/h59-65,70H,9-58H2,1-8H3,(H,75,76)(H,77,78)/t61?,62?,63-,64-,65-/m1/s1. The number of unbranched alkanes of at least 4 members (excludes halogenated alkanes) is 30. The van der Waals surface area contributed by atoms with Crippen LogP contribution in [0, 0.1) is 23.7 Å². The van der Waals surface area contributed by atoms with Crippen molar-refractivity contribution in [2.24, 2.45) is 23.7 Å². The van der Waals surface area contributed by atoms with Crippen LogP contribution >= 0.6 is 15.6 Å². The van der Waals surface area contributed by atoms with Gasteiger partial charge in [-0.3, -0.25) is 37.3 Å². The Labute approximate surface area is 537 Å². The molecule has 522 valence electrons. The summed E-state index contributed by atoms with van der Waals surface area (Å²) in [5.74, 6) is 0.847. The summed E-state index contributed by atoms with van der Waals surface area (Å²) in [7, 11) is -9.90. The average Bonchev–Trinajstić information content (AvgIpc) is 3.70. The van der Waals surface area contributed by atoms with Gasteiger partial charge in [0, 0.05) is 25.7 Å². The van der Waals surface area contributed by atoms with Crippen LogP contribution in [-0.2, 0) is 65.4 Å². The molecule has 0 fully saturated rings. The van der Waals surface area contributed by atoms with Crippen LogP contribution in [-0.4, -0.2) is 96.7 Å². The molecular weight excluding hydrogens is 1160 g/mol. The first-order valence-corrected chi connectivity index (χ1v) is 38.8. The predicted molar refractivity (Wildman–Crippen MR) is 354 cm³/mol. The van der Waals surface area contributed by atoms with Gasteiger partial charge in [-0.1, -0.05) is 287 Å². The van der Waals surface area contributed by atoms with Crippen LogP contribution in [0.2, 0.25) is 0 Å². The van der Waals surface area contributed by atoms with Gasteiger partial charge in [0.05, 0.1) is 26.4 Å². The number of aliphatic hydroxyl groups is 1. The van der Waals surface area contributed by atoms with Crippen molar-refractivity contribution in [3.8, 4) is 0 Å². The summed E-state index contributed by atoms with van der Waals surface area (Å²) in [6.45, 7) is 14.0. The van der Waals surface area contributed by atoms with Crippen LogP contribution in [0.5, 0.6) is 0 Å². The molecule has 0 aromatic rings. The highest BCUT2D eigenvalue weighted by Gasteiger charge is 2.30. The summed E-state index contributed by atoms with van der Waals surface area (Å²) in [4.78, 5) is 72.5. The molecule has 0 bridgehead atoms. The summed E-state index contributed by atoms with van der Waals surface area (Å²) < 4.78 is 68.2. The van der Waals surface area contributed by atoms with Gasteiger partial charge in [0.1, 0.15) is 19.3 Å². The number of hydrogen-bond donors (Lipinski definition) is 3. The van der Waals surface area contributed by atoms with E-state index >= 15 is 0 Å². The molecular formula is C69H134O17P2. The van der Waals surface area contributed by atoms with E-state index < -0.39 is 97.5 Å². The molecule has 0 aromatic carbocycles. The fraction of sp³-hybridized carbons (Fsp3) is 0.942. The summed E-state index contributed by atoms with van der Waals surface area (Å²) in [6.07, 6.45) is 40.4. The number of esters is 4. The van der Waals surface area contributed by atoms with E-state index in [1.807, 2.05) is 0 Å². The van der Waals surface area contributed by atoms with Gasteiger partial charge in [-0.15, -0.1) is 0 Å². The fourth-order valence-corrected chi connectivity index (χ4v) is 11.8. The molecule has 0 aromatic heterocycles. The van der Waals surface area contributed by atoms with Crippen LogP contribution in [0.25, 0.3) is 0 Å². The Balaban J connectivity index is 5.25. The van der Waals surface area contributed by atoms with Crippen LogP contribution in [0.15, 0.2) is 0 Å².